The Morgan fingerprint density at radius 2 is 2.22 bits per heavy atom. The van der Waals surface area contributed by atoms with E-state index in [1.165, 1.54) is 18.2 Å². The van der Waals surface area contributed by atoms with Gasteiger partial charge in [-0.1, -0.05) is 17.7 Å². The van der Waals surface area contributed by atoms with Gasteiger partial charge in [0.2, 0.25) is 0 Å². The third kappa shape index (κ3) is 3.35. The zero-order valence-electron chi connectivity index (χ0n) is 12.5. The highest BCUT2D eigenvalue weighted by Gasteiger charge is 2.15. The first-order valence-electron chi connectivity index (χ1n) is 7.21. The fourth-order valence-corrected chi connectivity index (χ4v) is 2.61. The van der Waals surface area contributed by atoms with Crippen molar-refractivity contribution in [1.29, 1.82) is 0 Å². The quantitative estimate of drug-likeness (QED) is 0.796. The lowest BCUT2D eigenvalue weighted by Crippen LogP contribution is -2.27. The average Bonchev–Trinajstić information content (AvgIpc) is 2.88. The molecule has 0 bridgehead atoms. The number of amides is 1. The summed E-state index contributed by atoms with van der Waals surface area (Å²) in [7, 11) is 0. The van der Waals surface area contributed by atoms with Crippen LogP contribution in [0.4, 0.5) is 4.39 Å². The second-order valence-electron chi connectivity index (χ2n) is 5.30. The van der Waals surface area contributed by atoms with Crippen LogP contribution in [0.25, 0.3) is 5.65 Å². The van der Waals surface area contributed by atoms with Gasteiger partial charge in [0.25, 0.3) is 5.91 Å². The minimum atomic E-state index is -0.627. The second-order valence-corrected chi connectivity index (χ2v) is 5.71. The molecule has 3 aromatic rings. The fraction of sp³-hybridized carbons (Fsp3) is 0.176. The number of nitrogens with one attached hydrogen (secondary N) is 1. The second kappa shape index (κ2) is 6.38. The van der Waals surface area contributed by atoms with Gasteiger partial charge < -0.3 is 9.72 Å². The number of carbonyl (C=O) groups excluding carboxylic acids is 1. The van der Waals surface area contributed by atoms with Crippen LogP contribution in [0.15, 0.2) is 42.7 Å². The normalized spacial score (nSPS) is 10.9. The summed E-state index contributed by atoms with van der Waals surface area (Å²) in [6.07, 6.45) is 4.41. The summed E-state index contributed by atoms with van der Waals surface area (Å²) in [6, 6.07) is 8.16. The lowest BCUT2D eigenvalue weighted by molar-refractivity contribution is 0.0950. The smallest absolute Gasteiger partial charge is 0.255 e. The van der Waals surface area contributed by atoms with Crippen molar-refractivity contribution in [2.75, 3.05) is 6.54 Å². The molecule has 1 amide bonds. The van der Waals surface area contributed by atoms with Crippen LogP contribution in [-0.2, 0) is 6.42 Å². The fourth-order valence-electron chi connectivity index (χ4n) is 2.36. The molecule has 118 valence electrons. The third-order valence-corrected chi connectivity index (χ3v) is 3.84. The van der Waals surface area contributed by atoms with Gasteiger partial charge in [-0.05, 0) is 36.8 Å². The Balaban J connectivity index is 1.65. The van der Waals surface area contributed by atoms with Gasteiger partial charge in [-0.2, -0.15) is 0 Å². The van der Waals surface area contributed by atoms with E-state index in [9.17, 15) is 9.18 Å². The van der Waals surface area contributed by atoms with E-state index in [-0.39, 0.29) is 10.6 Å². The predicted molar refractivity (Wildman–Crippen MR) is 87.4 cm³/mol. The number of fused-ring (bicyclic) bond motifs is 1. The number of nitrogens with zero attached hydrogens (tertiary/aromatic N) is 2. The Kier molecular flexibility index (Phi) is 4.30. The highest BCUT2D eigenvalue weighted by molar-refractivity contribution is 6.33. The molecule has 0 aliphatic carbocycles. The summed E-state index contributed by atoms with van der Waals surface area (Å²) in [5, 5.41) is 2.77. The first kappa shape index (κ1) is 15.5. The van der Waals surface area contributed by atoms with E-state index >= 15 is 0 Å². The number of pyridine rings is 1. The van der Waals surface area contributed by atoms with Gasteiger partial charge in [0.1, 0.15) is 11.5 Å². The van der Waals surface area contributed by atoms with Gasteiger partial charge >= 0.3 is 0 Å². The van der Waals surface area contributed by atoms with Gasteiger partial charge in [0.05, 0.1) is 16.3 Å². The highest BCUT2D eigenvalue weighted by Crippen LogP contribution is 2.18. The molecule has 1 N–H and O–H groups in total. The number of imidazole rings is 1. The molecular weight excluding hydrogens is 317 g/mol. The maximum atomic E-state index is 13.7. The Morgan fingerprint density at radius 3 is 3.00 bits per heavy atom. The minimum absolute atomic E-state index is 0.103. The average molecular weight is 332 g/mol. The molecule has 6 heteroatoms. The molecule has 0 radical (unpaired) electrons. The lowest BCUT2D eigenvalue weighted by atomic mass is 10.2. The molecule has 0 atom stereocenters. The molecule has 0 saturated carbocycles. The molecule has 3 rings (SSSR count). The van der Waals surface area contributed by atoms with Crippen molar-refractivity contribution in [3.63, 3.8) is 0 Å². The van der Waals surface area contributed by atoms with Crippen molar-refractivity contribution >= 4 is 23.2 Å². The number of hydrogen-bond donors (Lipinski definition) is 1. The molecule has 4 nitrogen and oxygen atoms in total. The van der Waals surface area contributed by atoms with Crippen molar-refractivity contribution in [2.24, 2.45) is 0 Å². The molecular formula is C17H15ClFN3O. The molecule has 0 fully saturated rings. The zero-order valence-corrected chi connectivity index (χ0v) is 13.3. The van der Waals surface area contributed by atoms with Gasteiger partial charge in [-0.15, -0.1) is 0 Å². The van der Waals surface area contributed by atoms with Gasteiger partial charge in [-0.25, -0.2) is 9.37 Å². The zero-order chi connectivity index (χ0) is 16.4. The molecule has 0 unspecified atom stereocenters. The van der Waals surface area contributed by atoms with Crippen molar-refractivity contribution in [1.82, 2.24) is 14.7 Å². The number of rotatable bonds is 4. The minimum Gasteiger partial charge on any atom is -0.352 e. The summed E-state index contributed by atoms with van der Waals surface area (Å²) in [5.74, 6) is -1.15. The monoisotopic (exact) mass is 331 g/mol. The molecule has 0 aliphatic heterocycles. The topological polar surface area (TPSA) is 46.4 Å². The first-order valence-corrected chi connectivity index (χ1v) is 7.59. The van der Waals surface area contributed by atoms with Crippen LogP contribution < -0.4 is 5.32 Å². The van der Waals surface area contributed by atoms with E-state index in [1.54, 1.807) is 0 Å². The number of aryl methyl sites for hydroxylation is 1. The molecule has 1 aromatic carbocycles. The van der Waals surface area contributed by atoms with Crippen LogP contribution in [0, 0.1) is 12.7 Å². The Labute approximate surface area is 137 Å². The summed E-state index contributed by atoms with van der Waals surface area (Å²) in [6.45, 7) is 2.36. The Hall–Kier alpha value is -2.40. The van der Waals surface area contributed by atoms with Crippen LogP contribution in [0.5, 0.6) is 0 Å². The molecule has 0 aliphatic rings. The first-order chi connectivity index (χ1) is 11.0. The van der Waals surface area contributed by atoms with Crippen LogP contribution in [0.2, 0.25) is 5.02 Å². The summed E-state index contributed by atoms with van der Waals surface area (Å²) in [5.41, 5.74) is 2.73. The Bertz CT molecular complexity index is 855. The summed E-state index contributed by atoms with van der Waals surface area (Å²) >= 11 is 5.87. The highest BCUT2D eigenvalue weighted by atomic mass is 35.5. The van der Waals surface area contributed by atoms with E-state index in [1.807, 2.05) is 35.9 Å². The van der Waals surface area contributed by atoms with Gasteiger partial charge in [0, 0.05) is 25.4 Å². The van der Waals surface area contributed by atoms with Crippen LogP contribution >= 0.6 is 11.6 Å². The maximum Gasteiger partial charge on any atom is 0.255 e. The van der Waals surface area contributed by atoms with Crippen LogP contribution in [0.3, 0.4) is 0 Å². The number of halogens is 2. The summed E-state index contributed by atoms with van der Waals surface area (Å²) in [4.78, 5) is 16.5. The van der Waals surface area contributed by atoms with E-state index in [4.69, 9.17) is 11.6 Å². The van der Waals surface area contributed by atoms with Gasteiger partial charge in [-0.3, -0.25) is 4.79 Å². The van der Waals surface area contributed by atoms with Crippen molar-refractivity contribution in [3.05, 3.63) is 70.4 Å². The number of hydrogen-bond acceptors (Lipinski definition) is 2. The van der Waals surface area contributed by atoms with E-state index in [2.05, 4.69) is 10.3 Å². The van der Waals surface area contributed by atoms with Crippen molar-refractivity contribution in [2.45, 2.75) is 13.3 Å². The maximum absolute atomic E-state index is 13.7. The van der Waals surface area contributed by atoms with Crippen LogP contribution in [0.1, 0.15) is 21.6 Å². The van der Waals surface area contributed by atoms with Gasteiger partial charge in [0.15, 0.2) is 0 Å². The Morgan fingerprint density at radius 1 is 1.39 bits per heavy atom. The van der Waals surface area contributed by atoms with E-state index in [0.29, 0.717) is 13.0 Å². The lowest BCUT2D eigenvalue weighted by Gasteiger charge is -2.06. The van der Waals surface area contributed by atoms with Crippen molar-refractivity contribution in [3.8, 4) is 0 Å². The standard InChI is InChI=1S/C17H15ClFN3O/c1-11-6-8-22-10-12(21-15(22)9-11)5-7-20-17(23)16-13(18)3-2-4-14(16)19/h2-4,6,8-10H,5,7H2,1H3,(H,20,23). The molecule has 0 spiro atoms. The third-order valence-electron chi connectivity index (χ3n) is 3.52. The predicted octanol–water partition coefficient (Wildman–Crippen LogP) is 3.41. The van der Waals surface area contributed by atoms with Crippen molar-refractivity contribution < 1.29 is 9.18 Å². The summed E-state index contributed by atoms with van der Waals surface area (Å²) < 4.78 is 15.6. The largest absolute Gasteiger partial charge is 0.352 e. The number of carbonyl (C=O) groups is 1. The molecule has 2 aromatic heterocycles. The van der Waals surface area contributed by atoms with Crippen LogP contribution in [-0.4, -0.2) is 21.8 Å². The number of aromatic nitrogens is 2. The van der Waals surface area contributed by atoms with E-state index in [0.717, 1.165) is 16.9 Å². The van der Waals surface area contributed by atoms with E-state index < -0.39 is 11.7 Å². The molecule has 0 saturated heterocycles. The molecule has 23 heavy (non-hydrogen) atoms. The number of benzene rings is 1. The molecule has 2 heterocycles. The SMILES string of the molecule is Cc1ccn2cc(CCNC(=O)c3c(F)cccc3Cl)nc2c1.